The summed E-state index contributed by atoms with van der Waals surface area (Å²) in [6.45, 7) is 0.296. The van der Waals surface area contributed by atoms with Crippen molar-refractivity contribution in [2.24, 2.45) is 5.41 Å². The van der Waals surface area contributed by atoms with Crippen molar-refractivity contribution in [1.82, 2.24) is 14.7 Å². The van der Waals surface area contributed by atoms with E-state index in [2.05, 4.69) is 0 Å². The molecular weight excluding hydrogens is 596 g/mol. The van der Waals surface area contributed by atoms with E-state index >= 15 is 0 Å². The van der Waals surface area contributed by atoms with Crippen LogP contribution in [0.5, 0.6) is 0 Å². The van der Waals surface area contributed by atoms with Gasteiger partial charge in [0.25, 0.3) is 0 Å². The number of urea groups is 1. The molecule has 242 valence electrons. The Morgan fingerprint density at radius 2 is 1.55 bits per heavy atom. The number of carbonyl (C=O) groups excluding carboxylic acids is 2. The van der Waals surface area contributed by atoms with Crippen molar-refractivity contribution in [3.8, 4) is 0 Å². The maximum Gasteiger partial charge on any atom is 0.416 e. The van der Waals surface area contributed by atoms with Crippen molar-refractivity contribution in [3.63, 3.8) is 0 Å². The molecule has 44 heavy (non-hydrogen) atoms. The molecular formula is C30H35F6N3O5. The summed E-state index contributed by atoms with van der Waals surface area (Å²) in [6, 6.07) is 4.39. The predicted octanol–water partition coefficient (Wildman–Crippen LogP) is 4.53. The number of aryl methyl sites for hydroxylation is 1. The van der Waals surface area contributed by atoms with Crippen LogP contribution in [0.1, 0.15) is 59.2 Å². The molecule has 3 amide bonds. The summed E-state index contributed by atoms with van der Waals surface area (Å²) in [6.07, 6.45) is -9.84. The molecule has 8 nitrogen and oxygen atoms in total. The SMILES string of the molecule is Cc1ccccc1C1C2CC(CCO)(CCO)C(=O)N2CCN1C(=O)N(C)[C@H](CO)c1cc(C(F)(F)F)cc(C(F)(F)F)c1. The number of carbonyl (C=O) groups is 2. The minimum Gasteiger partial charge on any atom is -0.396 e. The second-order valence-electron chi connectivity index (χ2n) is 11.4. The first kappa shape index (κ1) is 33.5. The number of aliphatic hydroxyl groups is 3. The van der Waals surface area contributed by atoms with Crippen molar-refractivity contribution in [2.45, 2.75) is 56.7 Å². The minimum atomic E-state index is -5.12. The Bertz CT molecular complexity index is 1330. The third kappa shape index (κ3) is 6.24. The highest BCUT2D eigenvalue weighted by Gasteiger charge is 2.56. The van der Waals surface area contributed by atoms with E-state index in [1.807, 2.05) is 13.0 Å². The fraction of sp³-hybridized carbons (Fsp3) is 0.533. The van der Waals surface area contributed by atoms with Crippen LogP contribution in [0.15, 0.2) is 42.5 Å². The summed E-state index contributed by atoms with van der Waals surface area (Å²) >= 11 is 0. The Balaban J connectivity index is 1.77. The lowest BCUT2D eigenvalue weighted by Crippen LogP contribution is -2.58. The maximum atomic E-state index is 14.1. The lowest BCUT2D eigenvalue weighted by molar-refractivity contribution is -0.143. The number of halogens is 6. The molecule has 2 heterocycles. The fourth-order valence-corrected chi connectivity index (χ4v) is 6.60. The van der Waals surface area contributed by atoms with Crippen LogP contribution in [0.2, 0.25) is 0 Å². The third-order valence-corrected chi connectivity index (χ3v) is 8.87. The number of nitrogens with zero attached hydrogens (tertiary/aromatic N) is 3. The number of alkyl halides is 6. The topological polar surface area (TPSA) is 105 Å². The molecule has 2 aliphatic rings. The Kier molecular flexibility index (Phi) is 9.57. The summed E-state index contributed by atoms with van der Waals surface area (Å²) in [4.78, 5) is 31.7. The summed E-state index contributed by atoms with van der Waals surface area (Å²) in [5.74, 6) is -0.262. The molecule has 2 fully saturated rings. The first-order valence-electron chi connectivity index (χ1n) is 14.1. The van der Waals surface area contributed by atoms with Crippen molar-refractivity contribution in [3.05, 3.63) is 70.3 Å². The van der Waals surface area contributed by atoms with E-state index in [0.717, 1.165) is 10.5 Å². The molecule has 4 rings (SSSR count). The second kappa shape index (κ2) is 12.6. The zero-order valence-corrected chi connectivity index (χ0v) is 24.2. The molecule has 2 saturated heterocycles. The Morgan fingerprint density at radius 3 is 2.05 bits per heavy atom. The van der Waals surface area contributed by atoms with Gasteiger partial charge in [0.15, 0.2) is 0 Å². The highest BCUT2D eigenvalue weighted by Crippen LogP contribution is 2.49. The minimum absolute atomic E-state index is 0.0185. The van der Waals surface area contributed by atoms with Crippen LogP contribution < -0.4 is 0 Å². The normalized spacial score (nSPS) is 20.9. The van der Waals surface area contributed by atoms with Gasteiger partial charge in [0, 0.05) is 33.4 Å². The molecule has 3 N–H and O–H groups in total. The first-order chi connectivity index (χ1) is 20.6. The van der Waals surface area contributed by atoms with Gasteiger partial charge in [-0.3, -0.25) is 4.79 Å². The smallest absolute Gasteiger partial charge is 0.396 e. The Morgan fingerprint density at radius 1 is 0.977 bits per heavy atom. The monoisotopic (exact) mass is 631 g/mol. The molecule has 2 unspecified atom stereocenters. The molecule has 0 saturated carbocycles. The van der Waals surface area contributed by atoms with Crippen molar-refractivity contribution < 1.29 is 51.3 Å². The van der Waals surface area contributed by atoms with Crippen LogP contribution in [-0.4, -0.2) is 88.0 Å². The average molecular weight is 632 g/mol. The Hall–Kier alpha value is -3.36. The van der Waals surface area contributed by atoms with Gasteiger partial charge in [-0.05, 0) is 61.1 Å². The van der Waals surface area contributed by atoms with Crippen LogP contribution in [0.25, 0.3) is 0 Å². The lowest BCUT2D eigenvalue weighted by Gasteiger charge is -2.47. The number of amides is 3. The molecule has 0 aromatic heterocycles. The first-order valence-corrected chi connectivity index (χ1v) is 14.1. The van der Waals surface area contributed by atoms with E-state index in [9.17, 15) is 51.3 Å². The summed E-state index contributed by atoms with van der Waals surface area (Å²) in [5, 5.41) is 29.7. The number of fused-ring (bicyclic) bond motifs is 1. The van der Waals surface area contributed by atoms with Gasteiger partial charge in [-0.1, -0.05) is 24.3 Å². The highest BCUT2D eigenvalue weighted by atomic mass is 19.4. The van der Waals surface area contributed by atoms with Gasteiger partial charge in [0.05, 0.1) is 41.3 Å². The fourth-order valence-electron chi connectivity index (χ4n) is 6.60. The Labute approximate surface area is 250 Å². The number of piperazine rings is 1. The molecule has 0 bridgehead atoms. The largest absolute Gasteiger partial charge is 0.416 e. The zero-order chi connectivity index (χ0) is 32.6. The van der Waals surface area contributed by atoms with Gasteiger partial charge < -0.3 is 30.0 Å². The summed E-state index contributed by atoms with van der Waals surface area (Å²) in [5.41, 5.74) is -3.29. The highest BCUT2D eigenvalue weighted by molar-refractivity contribution is 5.86. The zero-order valence-electron chi connectivity index (χ0n) is 24.2. The number of hydrogen-bond acceptors (Lipinski definition) is 5. The number of likely N-dealkylation sites (N-methyl/N-ethyl adjacent to an activating group) is 1. The third-order valence-electron chi connectivity index (χ3n) is 8.87. The van der Waals surface area contributed by atoms with E-state index in [4.69, 9.17) is 0 Å². The molecule has 2 aromatic carbocycles. The molecule has 0 aliphatic carbocycles. The van der Waals surface area contributed by atoms with Crippen LogP contribution >= 0.6 is 0 Å². The molecule has 2 aliphatic heterocycles. The van der Waals surface area contributed by atoms with Crippen LogP contribution in [0, 0.1) is 12.3 Å². The quantitative estimate of drug-likeness (QED) is 0.372. The molecule has 2 aromatic rings. The maximum absolute atomic E-state index is 14.1. The average Bonchev–Trinajstić information content (AvgIpc) is 3.23. The van der Waals surface area contributed by atoms with Crippen molar-refractivity contribution in [1.29, 1.82) is 0 Å². The molecule has 0 radical (unpaired) electrons. The van der Waals surface area contributed by atoms with Gasteiger partial charge in [-0.15, -0.1) is 0 Å². The van der Waals surface area contributed by atoms with Crippen molar-refractivity contribution >= 4 is 11.9 Å². The predicted molar refractivity (Wildman–Crippen MR) is 146 cm³/mol. The summed E-state index contributed by atoms with van der Waals surface area (Å²) in [7, 11) is 1.19. The van der Waals surface area contributed by atoms with Crippen LogP contribution in [0.4, 0.5) is 31.1 Å². The second-order valence-corrected chi connectivity index (χ2v) is 11.4. The van der Waals surface area contributed by atoms with Gasteiger partial charge in [0.1, 0.15) is 0 Å². The molecule has 0 spiro atoms. The van der Waals surface area contributed by atoms with Gasteiger partial charge >= 0.3 is 18.4 Å². The van der Waals surface area contributed by atoms with E-state index in [1.165, 1.54) is 11.9 Å². The van der Waals surface area contributed by atoms with E-state index < -0.39 is 65.2 Å². The van der Waals surface area contributed by atoms with Crippen LogP contribution in [0.3, 0.4) is 0 Å². The lowest BCUT2D eigenvalue weighted by atomic mass is 9.77. The summed E-state index contributed by atoms with van der Waals surface area (Å²) < 4.78 is 81.5. The molecule has 3 atom stereocenters. The van der Waals surface area contributed by atoms with E-state index in [0.29, 0.717) is 17.7 Å². The number of benzene rings is 2. The van der Waals surface area contributed by atoms with E-state index in [1.54, 1.807) is 23.1 Å². The van der Waals surface area contributed by atoms with Crippen molar-refractivity contribution in [2.75, 3.05) is 40.0 Å². The van der Waals surface area contributed by atoms with Gasteiger partial charge in [-0.2, -0.15) is 26.3 Å². The van der Waals surface area contributed by atoms with Gasteiger partial charge in [-0.25, -0.2) is 4.79 Å². The van der Waals surface area contributed by atoms with E-state index in [-0.39, 0.29) is 57.5 Å². The number of rotatable bonds is 8. The molecule has 14 heteroatoms. The van der Waals surface area contributed by atoms with Crippen LogP contribution in [-0.2, 0) is 17.1 Å². The number of aliphatic hydroxyl groups excluding tert-OH is 3. The number of hydrogen-bond donors (Lipinski definition) is 3. The van der Waals surface area contributed by atoms with Gasteiger partial charge in [0.2, 0.25) is 5.91 Å². The standard InChI is InChI=1S/C30H35F6N3O5/c1-18-5-3-4-6-22(18)25-23-16-28(7-11-40,8-12-41)26(43)38(23)9-10-39(25)27(44)37(2)24(17-42)19-13-20(29(31,32)33)15-21(14-19)30(34,35)36/h3-6,13-15,23-25,40-42H,7-12,16-17H2,1-2H3/t23?,24-,25?/m1/s1.